The number of piperazine rings is 1. The Morgan fingerprint density at radius 2 is 1.83 bits per heavy atom. The van der Waals surface area contributed by atoms with Crippen LogP contribution in [0.4, 0.5) is 5.69 Å². The molecule has 3 heterocycles. The summed E-state index contributed by atoms with van der Waals surface area (Å²) < 4.78 is 1.27. The second-order valence-electron chi connectivity index (χ2n) is 8.43. The van der Waals surface area contributed by atoms with Gasteiger partial charge in [-0.2, -0.15) is 15.0 Å². The van der Waals surface area contributed by atoms with E-state index in [9.17, 15) is 19.6 Å². The van der Waals surface area contributed by atoms with Crippen molar-refractivity contribution in [2.75, 3.05) is 31.1 Å². The number of hydrogen-bond donors (Lipinski definition) is 1. The van der Waals surface area contributed by atoms with Crippen molar-refractivity contribution in [3.8, 4) is 11.8 Å². The maximum absolute atomic E-state index is 12.9. The van der Waals surface area contributed by atoms with Crippen molar-refractivity contribution in [1.29, 1.82) is 5.26 Å². The van der Waals surface area contributed by atoms with Crippen molar-refractivity contribution in [2.24, 2.45) is 0 Å². The number of anilines is 1. The van der Waals surface area contributed by atoms with E-state index in [2.05, 4.69) is 10.1 Å². The Kier molecular flexibility index (Phi) is 7.03. The van der Waals surface area contributed by atoms with Crippen LogP contribution in [0.25, 0.3) is 5.69 Å². The van der Waals surface area contributed by atoms with E-state index in [1.165, 1.54) is 4.68 Å². The van der Waals surface area contributed by atoms with Crippen LogP contribution in [-0.2, 0) is 11.2 Å². The monoisotopic (exact) mass is 492 g/mol. The smallest absolute Gasteiger partial charge is 0.292 e. The third kappa shape index (κ3) is 4.84. The van der Waals surface area contributed by atoms with Gasteiger partial charge < -0.3 is 14.8 Å². The number of carbonyl (C=O) groups is 1. The molecule has 4 rings (SSSR count). The Morgan fingerprint density at radius 3 is 2.49 bits per heavy atom. The van der Waals surface area contributed by atoms with Crippen LogP contribution in [0.15, 0.2) is 46.1 Å². The molecule has 0 unspecified atom stereocenters. The number of para-hydroxylation sites is 1. The first-order valence-corrected chi connectivity index (χ1v) is 11.7. The van der Waals surface area contributed by atoms with E-state index in [-0.39, 0.29) is 22.9 Å². The number of aromatic nitrogens is 3. The van der Waals surface area contributed by atoms with Gasteiger partial charge in [0.25, 0.3) is 11.1 Å². The van der Waals surface area contributed by atoms with Gasteiger partial charge in [0.2, 0.25) is 5.91 Å². The summed E-state index contributed by atoms with van der Waals surface area (Å²) in [7, 11) is 0. The highest BCUT2D eigenvalue weighted by atomic mass is 35.5. The van der Waals surface area contributed by atoms with Crippen LogP contribution in [0.1, 0.15) is 28.8 Å². The van der Waals surface area contributed by atoms with E-state index in [1.54, 1.807) is 37.1 Å². The summed E-state index contributed by atoms with van der Waals surface area (Å²) in [5.41, 5.74) is 2.61. The summed E-state index contributed by atoms with van der Waals surface area (Å²) in [6.45, 7) is 5.54. The van der Waals surface area contributed by atoms with E-state index in [0.717, 1.165) is 5.56 Å². The summed E-state index contributed by atoms with van der Waals surface area (Å²) in [4.78, 5) is 44.0. The molecule has 180 valence electrons. The van der Waals surface area contributed by atoms with Crippen LogP contribution in [0.5, 0.6) is 0 Å². The summed E-state index contributed by atoms with van der Waals surface area (Å²) in [6, 6.07) is 11.0. The molecule has 10 heteroatoms. The number of hydrogen-bond acceptors (Lipinski definition) is 6. The quantitative estimate of drug-likeness (QED) is 0.584. The number of nitrogens with one attached hydrogen (secondary N) is 1. The number of aromatic amines is 1. The molecule has 3 aromatic rings. The number of rotatable bonds is 5. The SMILES string of the molecule is Cc1[nH]c(=O)c(C#N)c(C)c1CCC(=O)N1CCN(c2cnn(-c3ccccc3)c(=O)c2Cl)CC1. The van der Waals surface area contributed by atoms with Gasteiger partial charge in [-0.3, -0.25) is 14.4 Å². The predicted molar refractivity (Wildman–Crippen MR) is 133 cm³/mol. The number of amides is 1. The second kappa shape index (κ2) is 10.2. The van der Waals surface area contributed by atoms with Crippen molar-refractivity contribution in [3.05, 3.63) is 84.6 Å². The minimum atomic E-state index is -0.404. The van der Waals surface area contributed by atoms with Gasteiger partial charge in [-0.25, -0.2) is 0 Å². The fourth-order valence-electron chi connectivity index (χ4n) is 4.40. The van der Waals surface area contributed by atoms with Gasteiger partial charge in [0.15, 0.2) is 0 Å². The third-order valence-corrected chi connectivity index (χ3v) is 6.74. The van der Waals surface area contributed by atoms with Crippen LogP contribution in [0.2, 0.25) is 5.02 Å². The molecule has 2 aromatic heterocycles. The molecule has 35 heavy (non-hydrogen) atoms. The van der Waals surface area contributed by atoms with E-state index in [0.29, 0.717) is 55.2 Å². The van der Waals surface area contributed by atoms with Crippen LogP contribution in [-0.4, -0.2) is 51.8 Å². The number of pyridine rings is 1. The number of aryl methyl sites for hydroxylation is 1. The van der Waals surface area contributed by atoms with Crippen molar-refractivity contribution < 1.29 is 4.79 Å². The van der Waals surface area contributed by atoms with E-state index in [1.807, 2.05) is 29.2 Å². The van der Waals surface area contributed by atoms with Crippen LogP contribution in [0, 0.1) is 25.2 Å². The lowest BCUT2D eigenvalue weighted by molar-refractivity contribution is -0.131. The summed E-state index contributed by atoms with van der Waals surface area (Å²) >= 11 is 6.42. The lowest BCUT2D eigenvalue weighted by Gasteiger charge is -2.36. The molecule has 0 bridgehead atoms. The van der Waals surface area contributed by atoms with Crippen LogP contribution in [0.3, 0.4) is 0 Å². The first-order valence-electron chi connectivity index (χ1n) is 11.3. The molecule has 1 amide bonds. The number of benzene rings is 1. The molecule has 1 saturated heterocycles. The second-order valence-corrected chi connectivity index (χ2v) is 8.81. The molecule has 1 aromatic carbocycles. The number of carbonyl (C=O) groups excluding carboxylic acids is 1. The van der Waals surface area contributed by atoms with E-state index in [4.69, 9.17) is 11.6 Å². The molecule has 1 aliphatic rings. The Labute approximate surface area is 207 Å². The minimum absolute atomic E-state index is 0.00289. The van der Waals surface area contributed by atoms with Gasteiger partial charge in [0.05, 0.1) is 17.6 Å². The number of nitrogens with zero attached hydrogens (tertiary/aromatic N) is 5. The molecular formula is C25H25ClN6O3. The van der Waals surface area contributed by atoms with Gasteiger partial charge in [0.1, 0.15) is 16.7 Å². The lowest BCUT2D eigenvalue weighted by Crippen LogP contribution is -2.49. The summed E-state index contributed by atoms with van der Waals surface area (Å²) in [5, 5.41) is 13.6. The average Bonchev–Trinajstić information content (AvgIpc) is 2.86. The predicted octanol–water partition coefficient (Wildman–Crippen LogP) is 2.34. The van der Waals surface area contributed by atoms with Gasteiger partial charge in [0, 0.05) is 38.3 Å². The fraction of sp³-hybridized carbons (Fsp3) is 0.320. The summed E-state index contributed by atoms with van der Waals surface area (Å²) in [6.07, 6.45) is 2.30. The minimum Gasteiger partial charge on any atom is -0.365 e. The highest BCUT2D eigenvalue weighted by molar-refractivity contribution is 6.33. The zero-order valence-corrected chi connectivity index (χ0v) is 20.3. The molecule has 0 saturated carbocycles. The average molecular weight is 493 g/mol. The van der Waals surface area contributed by atoms with Gasteiger partial charge in [-0.15, -0.1) is 0 Å². The zero-order valence-electron chi connectivity index (χ0n) is 19.5. The highest BCUT2D eigenvalue weighted by Crippen LogP contribution is 2.23. The molecule has 1 N–H and O–H groups in total. The first kappa shape index (κ1) is 24.2. The Hall–Kier alpha value is -3.90. The van der Waals surface area contributed by atoms with Crippen LogP contribution >= 0.6 is 11.6 Å². The molecule has 1 aliphatic heterocycles. The van der Waals surface area contributed by atoms with Crippen molar-refractivity contribution in [2.45, 2.75) is 26.7 Å². The van der Waals surface area contributed by atoms with Gasteiger partial charge >= 0.3 is 0 Å². The Bertz CT molecular complexity index is 1420. The van der Waals surface area contributed by atoms with Gasteiger partial charge in [-0.05, 0) is 43.5 Å². The zero-order chi connectivity index (χ0) is 25.1. The van der Waals surface area contributed by atoms with E-state index >= 15 is 0 Å². The standard InChI is InChI=1S/C25H25ClN6O3/c1-16-19(17(2)29-24(34)20(16)14-27)8-9-22(33)31-12-10-30(11-13-31)21-15-28-32(25(35)23(21)26)18-6-4-3-5-7-18/h3-7,15H,8-13H2,1-2H3,(H,29,34). The van der Waals surface area contributed by atoms with Crippen molar-refractivity contribution >= 4 is 23.2 Å². The number of H-pyrrole nitrogens is 1. The maximum Gasteiger partial charge on any atom is 0.292 e. The lowest BCUT2D eigenvalue weighted by atomic mass is 9.99. The molecular weight excluding hydrogens is 468 g/mol. The molecule has 0 radical (unpaired) electrons. The molecule has 9 nitrogen and oxygen atoms in total. The molecule has 0 aliphatic carbocycles. The number of halogens is 1. The van der Waals surface area contributed by atoms with Crippen molar-refractivity contribution in [3.63, 3.8) is 0 Å². The molecule has 1 fully saturated rings. The number of nitriles is 1. The molecule has 0 spiro atoms. The van der Waals surface area contributed by atoms with E-state index < -0.39 is 11.1 Å². The Morgan fingerprint density at radius 1 is 1.14 bits per heavy atom. The van der Waals surface area contributed by atoms with Crippen molar-refractivity contribution in [1.82, 2.24) is 19.7 Å². The largest absolute Gasteiger partial charge is 0.365 e. The highest BCUT2D eigenvalue weighted by Gasteiger charge is 2.24. The fourth-order valence-corrected chi connectivity index (χ4v) is 4.65. The molecule has 0 atom stereocenters. The Balaban J connectivity index is 1.40. The summed E-state index contributed by atoms with van der Waals surface area (Å²) in [5.74, 6) is -0.00289. The third-order valence-electron chi connectivity index (χ3n) is 6.38. The maximum atomic E-state index is 12.9. The van der Waals surface area contributed by atoms with Crippen LogP contribution < -0.4 is 16.0 Å². The normalized spacial score (nSPS) is 13.5. The van der Waals surface area contributed by atoms with Gasteiger partial charge in [-0.1, -0.05) is 29.8 Å². The first-order chi connectivity index (χ1) is 16.8. The topological polar surface area (TPSA) is 115 Å².